The molecule has 0 spiro atoms. The maximum absolute atomic E-state index is 12.0. The van der Waals surface area contributed by atoms with E-state index >= 15 is 0 Å². The van der Waals surface area contributed by atoms with Crippen molar-refractivity contribution in [3.63, 3.8) is 0 Å². The molecule has 8 nitrogen and oxygen atoms in total. The SMILES string of the molecule is CCO[Si](CCCN(C)C(=O)N(C)C(=O)CO)(OCC)OCC. The summed E-state index contributed by atoms with van der Waals surface area (Å²) < 4.78 is 17.2. The van der Waals surface area contributed by atoms with Crippen molar-refractivity contribution in [3.8, 4) is 0 Å². The predicted molar refractivity (Wildman–Crippen MR) is 87.9 cm³/mol. The molecule has 0 aromatic rings. The van der Waals surface area contributed by atoms with Crippen LogP contribution in [0.4, 0.5) is 4.79 Å². The molecule has 0 aliphatic heterocycles. The van der Waals surface area contributed by atoms with Crippen molar-refractivity contribution in [3.05, 3.63) is 0 Å². The summed E-state index contributed by atoms with van der Waals surface area (Å²) in [5.41, 5.74) is 0. The van der Waals surface area contributed by atoms with Crippen LogP contribution < -0.4 is 0 Å². The van der Waals surface area contributed by atoms with E-state index in [2.05, 4.69) is 0 Å². The lowest BCUT2D eigenvalue weighted by atomic mass is 10.4. The number of carbonyl (C=O) groups excluding carboxylic acids is 2. The third-order valence-corrected chi connectivity index (χ3v) is 6.34. The molecule has 1 N–H and O–H groups in total. The summed E-state index contributed by atoms with van der Waals surface area (Å²) in [7, 11) is 0.239. The van der Waals surface area contributed by atoms with Crippen molar-refractivity contribution in [2.24, 2.45) is 0 Å². The minimum atomic E-state index is -2.71. The second kappa shape index (κ2) is 11.5. The Bertz CT molecular complexity index is 352. The maximum Gasteiger partial charge on any atom is 0.500 e. The van der Waals surface area contributed by atoms with E-state index in [0.717, 1.165) is 4.90 Å². The van der Waals surface area contributed by atoms with Gasteiger partial charge >= 0.3 is 14.8 Å². The van der Waals surface area contributed by atoms with Crippen LogP contribution in [0.3, 0.4) is 0 Å². The Hall–Kier alpha value is -1.00. The lowest BCUT2D eigenvalue weighted by Crippen LogP contribution is -2.47. The van der Waals surface area contributed by atoms with Crippen LogP contribution in [0.5, 0.6) is 0 Å². The van der Waals surface area contributed by atoms with Gasteiger partial charge in [0, 0.05) is 46.5 Å². The molecule has 0 bridgehead atoms. The average Bonchev–Trinajstić information content (AvgIpc) is 2.53. The van der Waals surface area contributed by atoms with Gasteiger partial charge in [-0.05, 0) is 27.2 Å². The monoisotopic (exact) mass is 350 g/mol. The van der Waals surface area contributed by atoms with E-state index in [9.17, 15) is 9.59 Å². The van der Waals surface area contributed by atoms with Gasteiger partial charge in [-0.3, -0.25) is 9.69 Å². The van der Waals surface area contributed by atoms with Gasteiger partial charge in [0.15, 0.2) is 0 Å². The van der Waals surface area contributed by atoms with Crippen LogP contribution in [0.15, 0.2) is 0 Å². The number of nitrogens with zero attached hydrogens (tertiary/aromatic N) is 2. The Morgan fingerprint density at radius 2 is 1.48 bits per heavy atom. The Morgan fingerprint density at radius 1 is 1.00 bits per heavy atom. The standard InChI is InChI=1S/C14H30N2O6Si/c1-6-20-23(21-7-2,22-8-3)11-9-10-15(4)14(19)16(5)13(18)12-17/h17H,6-12H2,1-5H3. The van der Waals surface area contributed by atoms with Crippen molar-refractivity contribution >= 4 is 20.7 Å². The molecule has 0 atom stereocenters. The number of aliphatic hydroxyl groups excluding tert-OH is 1. The Labute approximate surface area is 139 Å². The summed E-state index contributed by atoms with van der Waals surface area (Å²) in [6.07, 6.45) is 0.635. The molecular formula is C14H30N2O6Si. The fourth-order valence-corrected chi connectivity index (χ4v) is 4.69. The van der Waals surface area contributed by atoms with Crippen LogP contribution in [-0.4, -0.2) is 82.7 Å². The van der Waals surface area contributed by atoms with Crippen LogP contribution in [0.1, 0.15) is 27.2 Å². The van der Waals surface area contributed by atoms with Crippen molar-refractivity contribution in [2.45, 2.75) is 33.2 Å². The minimum Gasteiger partial charge on any atom is -0.387 e. The van der Waals surface area contributed by atoms with E-state index in [1.165, 1.54) is 11.9 Å². The molecule has 3 amide bonds. The molecule has 0 saturated carbocycles. The smallest absolute Gasteiger partial charge is 0.387 e. The van der Waals surface area contributed by atoms with Gasteiger partial charge in [-0.15, -0.1) is 0 Å². The van der Waals surface area contributed by atoms with Crippen LogP contribution in [0.25, 0.3) is 0 Å². The largest absolute Gasteiger partial charge is 0.500 e. The van der Waals surface area contributed by atoms with Gasteiger partial charge in [0.05, 0.1) is 0 Å². The molecule has 0 fully saturated rings. The van der Waals surface area contributed by atoms with E-state index < -0.39 is 27.3 Å². The fraction of sp³-hybridized carbons (Fsp3) is 0.857. The zero-order valence-electron chi connectivity index (χ0n) is 14.8. The third-order valence-electron chi connectivity index (χ3n) is 3.19. The van der Waals surface area contributed by atoms with Crippen molar-refractivity contribution in [1.29, 1.82) is 0 Å². The van der Waals surface area contributed by atoms with E-state index in [-0.39, 0.29) is 0 Å². The van der Waals surface area contributed by atoms with E-state index in [1.54, 1.807) is 7.05 Å². The first-order valence-corrected chi connectivity index (χ1v) is 9.84. The maximum atomic E-state index is 12.0. The van der Waals surface area contributed by atoms with Gasteiger partial charge in [0.1, 0.15) is 6.61 Å². The predicted octanol–water partition coefficient (Wildman–Crippen LogP) is 0.927. The second-order valence-electron chi connectivity index (χ2n) is 4.90. The molecule has 9 heteroatoms. The Balaban J connectivity index is 4.56. The third kappa shape index (κ3) is 7.40. The number of hydrogen-bond donors (Lipinski definition) is 1. The molecule has 0 rings (SSSR count). The molecule has 0 aromatic heterocycles. The van der Waals surface area contributed by atoms with Gasteiger partial charge in [-0.25, -0.2) is 4.79 Å². The van der Waals surface area contributed by atoms with Crippen molar-refractivity contribution in [2.75, 3.05) is 47.1 Å². The molecule has 136 valence electrons. The molecular weight excluding hydrogens is 320 g/mol. The number of likely N-dealkylation sites (N-methyl/N-ethyl adjacent to an activating group) is 1. The van der Waals surface area contributed by atoms with E-state index in [4.69, 9.17) is 18.4 Å². The summed E-state index contributed by atoms with van der Waals surface area (Å²) in [6, 6.07) is 0.137. The molecule has 0 unspecified atom stereocenters. The number of urea groups is 1. The van der Waals surface area contributed by atoms with Crippen molar-refractivity contribution < 1.29 is 28.0 Å². The Morgan fingerprint density at radius 3 is 1.87 bits per heavy atom. The van der Waals surface area contributed by atoms with E-state index in [0.29, 0.717) is 38.8 Å². The first-order valence-electron chi connectivity index (χ1n) is 7.91. The van der Waals surface area contributed by atoms with Gasteiger partial charge in [-0.2, -0.15) is 0 Å². The number of hydrogen-bond acceptors (Lipinski definition) is 6. The molecule has 0 aromatic carbocycles. The number of aliphatic hydroxyl groups is 1. The van der Waals surface area contributed by atoms with Crippen LogP contribution >= 0.6 is 0 Å². The highest BCUT2D eigenvalue weighted by Gasteiger charge is 2.39. The molecule has 0 heterocycles. The summed E-state index contributed by atoms with van der Waals surface area (Å²) in [5.74, 6) is -0.636. The highest BCUT2D eigenvalue weighted by atomic mass is 28.4. The number of carbonyl (C=O) groups is 2. The zero-order valence-corrected chi connectivity index (χ0v) is 15.8. The van der Waals surface area contributed by atoms with Crippen LogP contribution in [-0.2, 0) is 18.1 Å². The van der Waals surface area contributed by atoms with Gasteiger partial charge in [-0.1, -0.05) is 0 Å². The average molecular weight is 350 g/mol. The van der Waals surface area contributed by atoms with Gasteiger partial charge in [0.2, 0.25) is 0 Å². The summed E-state index contributed by atoms with van der Waals surface area (Å²) in [5, 5.41) is 8.79. The minimum absolute atomic E-state index is 0.434. The van der Waals surface area contributed by atoms with Gasteiger partial charge < -0.3 is 23.3 Å². The highest BCUT2D eigenvalue weighted by molar-refractivity contribution is 6.60. The molecule has 0 aliphatic rings. The first kappa shape index (κ1) is 22.0. The second-order valence-corrected chi connectivity index (χ2v) is 7.63. The summed E-state index contributed by atoms with van der Waals surface area (Å²) >= 11 is 0. The zero-order chi connectivity index (χ0) is 17.9. The summed E-state index contributed by atoms with van der Waals surface area (Å²) in [4.78, 5) is 25.7. The normalized spacial score (nSPS) is 11.4. The van der Waals surface area contributed by atoms with E-state index in [1.807, 2.05) is 20.8 Å². The van der Waals surface area contributed by atoms with Crippen LogP contribution in [0, 0.1) is 0 Å². The first-order chi connectivity index (χ1) is 10.9. The molecule has 0 saturated heterocycles. The topological polar surface area (TPSA) is 88.5 Å². The summed E-state index contributed by atoms with van der Waals surface area (Å²) in [6.45, 7) is 6.95. The Kier molecular flexibility index (Phi) is 11.0. The lowest BCUT2D eigenvalue weighted by molar-refractivity contribution is -0.130. The quantitative estimate of drug-likeness (QED) is 0.558. The molecule has 0 radical (unpaired) electrons. The highest BCUT2D eigenvalue weighted by Crippen LogP contribution is 2.18. The molecule has 0 aliphatic carbocycles. The van der Waals surface area contributed by atoms with Crippen molar-refractivity contribution in [1.82, 2.24) is 9.80 Å². The number of imide groups is 1. The molecule has 23 heavy (non-hydrogen) atoms. The number of amides is 3. The van der Waals surface area contributed by atoms with Gasteiger partial charge in [0.25, 0.3) is 5.91 Å². The number of rotatable bonds is 11. The van der Waals surface area contributed by atoms with Crippen LogP contribution in [0.2, 0.25) is 6.04 Å². The lowest BCUT2D eigenvalue weighted by Gasteiger charge is -2.29. The fourth-order valence-electron chi connectivity index (χ4n) is 2.10.